The Bertz CT molecular complexity index is 688. The molecule has 1 N–H and O–H groups in total. The van der Waals surface area contributed by atoms with Crippen LogP contribution in [-0.4, -0.2) is 22.3 Å². The number of halogens is 3. The minimum Gasteiger partial charge on any atom is -0.476 e. The van der Waals surface area contributed by atoms with Crippen LogP contribution in [0.3, 0.4) is 0 Å². The second kappa shape index (κ2) is 6.22. The van der Waals surface area contributed by atoms with Gasteiger partial charge in [0.1, 0.15) is 15.7 Å². The van der Waals surface area contributed by atoms with E-state index in [2.05, 4.69) is 9.98 Å². The number of benzene rings is 1. The minimum absolute atomic E-state index is 0.00819. The second-order valence-electron chi connectivity index (χ2n) is 3.70. The van der Waals surface area contributed by atoms with E-state index in [1.807, 2.05) is 30.3 Å². The fourth-order valence-corrected chi connectivity index (χ4v) is 2.11. The normalized spacial score (nSPS) is 10.9. The summed E-state index contributed by atoms with van der Waals surface area (Å²) in [5, 5.41) is 8.69. The minimum atomic E-state index is -1.30. The maximum atomic E-state index is 11.0. The second-order valence-corrected chi connectivity index (χ2v) is 4.82. The lowest BCUT2D eigenvalue weighted by molar-refractivity contribution is 0.0691. The topological polar surface area (TPSA) is 62.5 Å². The van der Waals surface area contributed by atoms with Gasteiger partial charge in [0.05, 0.1) is 0 Å². The first-order valence-corrected chi connectivity index (χ1v) is 6.51. The van der Waals surface area contributed by atoms with E-state index in [0.717, 1.165) is 5.56 Å². The first-order chi connectivity index (χ1) is 9.50. The molecule has 4 nitrogen and oxygen atoms in total. The van der Waals surface area contributed by atoms with Crippen molar-refractivity contribution < 1.29 is 9.90 Å². The van der Waals surface area contributed by atoms with Crippen molar-refractivity contribution in [3.8, 4) is 0 Å². The molecule has 1 aromatic heterocycles. The van der Waals surface area contributed by atoms with Gasteiger partial charge >= 0.3 is 5.97 Å². The molecular formula is C13H7Cl3N2O2. The Labute approximate surface area is 129 Å². The summed E-state index contributed by atoms with van der Waals surface area (Å²) >= 11 is 17.7. The molecule has 0 unspecified atom stereocenters. The average Bonchev–Trinajstić information content (AvgIpc) is 2.43. The summed E-state index contributed by atoms with van der Waals surface area (Å²) in [6.07, 6.45) is 1.51. The number of nitrogens with zero attached hydrogens (tertiary/aromatic N) is 2. The molecular weight excluding hydrogens is 323 g/mol. The third-order valence-corrected chi connectivity index (χ3v) is 3.45. The number of aliphatic imine (C=N–C) groups is 1. The Kier molecular flexibility index (Phi) is 4.60. The molecule has 0 saturated heterocycles. The van der Waals surface area contributed by atoms with E-state index < -0.39 is 5.97 Å². The van der Waals surface area contributed by atoms with Gasteiger partial charge in [-0.05, 0) is 5.56 Å². The van der Waals surface area contributed by atoms with Crippen LogP contribution in [0.25, 0.3) is 0 Å². The van der Waals surface area contributed by atoms with E-state index in [4.69, 9.17) is 39.9 Å². The van der Waals surface area contributed by atoms with E-state index in [0.29, 0.717) is 0 Å². The SMILES string of the molecule is O=C(O)c1nc(Cl)c(Cl)c(N=Cc2ccccc2)c1Cl. The Morgan fingerprint density at radius 3 is 2.40 bits per heavy atom. The fraction of sp³-hybridized carbons (Fsp3) is 0. The number of hydrogen-bond acceptors (Lipinski definition) is 3. The van der Waals surface area contributed by atoms with E-state index >= 15 is 0 Å². The molecule has 2 aromatic rings. The molecule has 0 amide bonds. The monoisotopic (exact) mass is 328 g/mol. The smallest absolute Gasteiger partial charge is 0.356 e. The van der Waals surface area contributed by atoms with Gasteiger partial charge in [0.15, 0.2) is 10.8 Å². The zero-order chi connectivity index (χ0) is 14.7. The summed E-state index contributed by atoms with van der Waals surface area (Å²) in [7, 11) is 0. The third-order valence-electron chi connectivity index (χ3n) is 2.36. The first kappa shape index (κ1) is 14.8. The molecule has 0 spiro atoms. The molecule has 1 heterocycles. The number of carboxylic acid groups (broad SMARTS) is 1. The first-order valence-electron chi connectivity index (χ1n) is 5.37. The zero-order valence-electron chi connectivity index (χ0n) is 9.85. The van der Waals surface area contributed by atoms with Gasteiger partial charge in [-0.25, -0.2) is 9.78 Å². The number of rotatable bonds is 3. The summed E-state index contributed by atoms with van der Waals surface area (Å²) in [6, 6.07) is 9.20. The van der Waals surface area contributed by atoms with Crippen molar-refractivity contribution in [2.75, 3.05) is 0 Å². The van der Waals surface area contributed by atoms with Crippen LogP contribution in [0.1, 0.15) is 16.1 Å². The van der Waals surface area contributed by atoms with Gasteiger partial charge < -0.3 is 5.11 Å². The summed E-state index contributed by atoms with van der Waals surface area (Å²) in [4.78, 5) is 18.7. The molecule has 1 aromatic carbocycles. The predicted octanol–water partition coefficient (Wildman–Crippen LogP) is 4.49. The van der Waals surface area contributed by atoms with Crippen molar-refractivity contribution >= 4 is 52.7 Å². The quantitative estimate of drug-likeness (QED) is 0.666. The fourth-order valence-electron chi connectivity index (χ4n) is 1.44. The molecule has 0 radical (unpaired) electrons. The van der Waals surface area contributed by atoms with Gasteiger partial charge in [0.2, 0.25) is 0 Å². The third kappa shape index (κ3) is 3.10. The number of carboxylic acids is 1. The number of carbonyl (C=O) groups is 1. The highest BCUT2D eigenvalue weighted by Crippen LogP contribution is 2.38. The Balaban J connectivity index is 2.51. The van der Waals surface area contributed by atoms with Crippen molar-refractivity contribution in [3.05, 3.63) is 56.8 Å². The van der Waals surface area contributed by atoms with Crippen molar-refractivity contribution in [1.29, 1.82) is 0 Å². The number of pyridine rings is 1. The van der Waals surface area contributed by atoms with Crippen molar-refractivity contribution in [2.24, 2.45) is 4.99 Å². The molecule has 102 valence electrons. The molecule has 20 heavy (non-hydrogen) atoms. The molecule has 0 aliphatic rings. The number of aromatic nitrogens is 1. The average molecular weight is 330 g/mol. The number of hydrogen-bond donors (Lipinski definition) is 1. The zero-order valence-corrected chi connectivity index (χ0v) is 12.1. The van der Waals surface area contributed by atoms with E-state index in [-0.39, 0.29) is 26.6 Å². The lowest BCUT2D eigenvalue weighted by Gasteiger charge is -2.06. The van der Waals surface area contributed by atoms with Crippen LogP contribution >= 0.6 is 34.8 Å². The van der Waals surface area contributed by atoms with Crippen molar-refractivity contribution in [3.63, 3.8) is 0 Å². The molecule has 0 aliphatic heterocycles. The van der Waals surface area contributed by atoms with Gasteiger partial charge in [-0.3, -0.25) is 4.99 Å². The molecule has 7 heteroatoms. The Morgan fingerprint density at radius 1 is 1.15 bits per heavy atom. The standard InChI is InChI=1S/C13H7Cl3N2O2/c14-8-10(17-6-7-4-2-1-3-5-7)9(15)12(16)18-11(8)13(19)20/h1-6H,(H,19,20). The molecule has 0 atom stereocenters. The van der Waals surface area contributed by atoms with Crippen molar-refractivity contribution in [2.45, 2.75) is 0 Å². The lowest BCUT2D eigenvalue weighted by Crippen LogP contribution is -2.02. The van der Waals surface area contributed by atoms with Gasteiger partial charge in [-0.15, -0.1) is 0 Å². The van der Waals surface area contributed by atoms with Gasteiger partial charge in [-0.2, -0.15) is 0 Å². The van der Waals surface area contributed by atoms with E-state index in [9.17, 15) is 4.79 Å². The molecule has 2 rings (SSSR count). The molecule has 0 saturated carbocycles. The van der Waals surface area contributed by atoms with Gasteiger partial charge in [0, 0.05) is 6.21 Å². The maximum Gasteiger partial charge on any atom is 0.356 e. The maximum absolute atomic E-state index is 11.0. The summed E-state index contributed by atoms with van der Waals surface area (Å²) in [5.41, 5.74) is 0.500. The van der Waals surface area contributed by atoms with Crippen LogP contribution in [-0.2, 0) is 0 Å². The van der Waals surface area contributed by atoms with Gasteiger partial charge in [0.25, 0.3) is 0 Å². The number of aromatic carboxylic acids is 1. The molecule has 0 aliphatic carbocycles. The van der Waals surface area contributed by atoms with E-state index in [1.54, 1.807) is 0 Å². The van der Waals surface area contributed by atoms with Crippen LogP contribution in [0.15, 0.2) is 35.3 Å². The van der Waals surface area contributed by atoms with Crippen molar-refractivity contribution in [1.82, 2.24) is 4.98 Å². The van der Waals surface area contributed by atoms with Crippen LogP contribution in [0, 0.1) is 0 Å². The Hall–Kier alpha value is -1.62. The highest BCUT2D eigenvalue weighted by molar-refractivity contribution is 6.46. The van der Waals surface area contributed by atoms with E-state index in [1.165, 1.54) is 6.21 Å². The summed E-state index contributed by atoms with van der Waals surface area (Å²) in [5.74, 6) is -1.30. The summed E-state index contributed by atoms with van der Waals surface area (Å²) in [6.45, 7) is 0. The molecule has 0 fully saturated rings. The Morgan fingerprint density at radius 2 is 1.80 bits per heavy atom. The molecule has 0 bridgehead atoms. The van der Waals surface area contributed by atoms with Crippen LogP contribution in [0.5, 0.6) is 0 Å². The van der Waals surface area contributed by atoms with Crippen LogP contribution in [0.2, 0.25) is 15.2 Å². The predicted molar refractivity (Wildman–Crippen MR) is 79.9 cm³/mol. The highest BCUT2D eigenvalue weighted by atomic mass is 35.5. The summed E-state index contributed by atoms with van der Waals surface area (Å²) < 4.78 is 0. The van der Waals surface area contributed by atoms with Gasteiger partial charge in [-0.1, -0.05) is 65.1 Å². The lowest BCUT2D eigenvalue weighted by atomic mass is 10.2. The largest absolute Gasteiger partial charge is 0.476 e. The highest BCUT2D eigenvalue weighted by Gasteiger charge is 2.20. The van der Waals surface area contributed by atoms with Crippen LogP contribution < -0.4 is 0 Å². The van der Waals surface area contributed by atoms with Crippen LogP contribution in [0.4, 0.5) is 5.69 Å².